The van der Waals surface area contributed by atoms with Crippen LogP contribution in [-0.4, -0.2) is 12.5 Å². The Morgan fingerprint density at radius 3 is 2.48 bits per heavy atom. The minimum Gasteiger partial charge on any atom is -0.398 e. The summed E-state index contributed by atoms with van der Waals surface area (Å²) in [4.78, 5) is 12.1. The third-order valence-corrected chi connectivity index (χ3v) is 4.27. The minimum atomic E-state index is -0.405. The number of aryl methyl sites for hydroxylation is 1. The molecule has 0 saturated heterocycles. The Kier molecular flexibility index (Phi) is 5.93. The molecule has 7 N–H and O–H groups in total. The number of benzene rings is 2. The smallest absolute Gasteiger partial charge is 0.269 e. The van der Waals surface area contributed by atoms with Crippen molar-refractivity contribution in [2.75, 3.05) is 12.3 Å². The van der Waals surface area contributed by atoms with E-state index in [9.17, 15) is 4.79 Å². The molecule has 0 atom stereocenters. The van der Waals surface area contributed by atoms with Crippen molar-refractivity contribution in [1.82, 2.24) is 5.32 Å². The van der Waals surface area contributed by atoms with E-state index in [1.165, 1.54) is 0 Å². The number of nitrogen functional groups attached to an aromatic ring is 1. The lowest BCUT2D eigenvalue weighted by atomic mass is 9.95. The van der Waals surface area contributed by atoms with E-state index in [0.29, 0.717) is 22.8 Å². The zero-order valence-corrected chi connectivity index (χ0v) is 15.2. The molecule has 0 aliphatic rings. The van der Waals surface area contributed by atoms with Gasteiger partial charge in [0.2, 0.25) is 0 Å². The molecule has 2 aromatic carbocycles. The first kappa shape index (κ1) is 18.7. The fourth-order valence-electron chi connectivity index (χ4n) is 2.59. The summed E-state index contributed by atoms with van der Waals surface area (Å²) in [5, 5.41) is 3.30. The van der Waals surface area contributed by atoms with Crippen molar-refractivity contribution in [1.29, 1.82) is 0 Å². The van der Waals surface area contributed by atoms with Gasteiger partial charge in [-0.1, -0.05) is 48.9 Å². The Bertz CT molecular complexity index is 810. The minimum absolute atomic E-state index is 0.0480. The van der Waals surface area contributed by atoms with Gasteiger partial charge in [-0.15, -0.1) is 0 Å². The van der Waals surface area contributed by atoms with E-state index in [2.05, 4.69) is 5.32 Å². The lowest BCUT2D eigenvalue weighted by Crippen LogP contribution is -2.31. The van der Waals surface area contributed by atoms with Gasteiger partial charge in [0.1, 0.15) is 5.70 Å². The van der Waals surface area contributed by atoms with Crippen molar-refractivity contribution in [2.24, 2.45) is 11.5 Å². The Morgan fingerprint density at radius 1 is 1.16 bits per heavy atom. The monoisotopic (exact) mass is 358 g/mol. The second kappa shape index (κ2) is 7.94. The average Bonchev–Trinajstić information content (AvgIpc) is 2.59. The number of carbonyl (C=O) groups is 1. The number of nitrogens with one attached hydrogen (secondary N) is 1. The largest absolute Gasteiger partial charge is 0.398 e. The van der Waals surface area contributed by atoms with Crippen LogP contribution in [0.5, 0.6) is 0 Å². The molecule has 0 aliphatic heterocycles. The molecule has 0 aliphatic carbocycles. The van der Waals surface area contributed by atoms with Crippen molar-refractivity contribution in [3.63, 3.8) is 0 Å². The van der Waals surface area contributed by atoms with Crippen LogP contribution in [0.1, 0.15) is 24.5 Å². The van der Waals surface area contributed by atoms with Crippen LogP contribution in [0.25, 0.3) is 16.8 Å². The quantitative estimate of drug-likeness (QED) is 0.486. The summed E-state index contributed by atoms with van der Waals surface area (Å²) in [5.74, 6) is -0.405. The lowest BCUT2D eigenvalue weighted by molar-refractivity contribution is -0.117. The van der Waals surface area contributed by atoms with Crippen LogP contribution in [0.3, 0.4) is 0 Å². The average molecular weight is 359 g/mol. The molecule has 0 spiro atoms. The normalized spacial score (nSPS) is 11.8. The van der Waals surface area contributed by atoms with Crippen molar-refractivity contribution in [2.45, 2.75) is 20.3 Å². The second-order valence-electron chi connectivity index (χ2n) is 5.78. The van der Waals surface area contributed by atoms with E-state index in [1.807, 2.05) is 44.2 Å². The number of carbonyl (C=O) groups excluding carboxylic acids is 1. The van der Waals surface area contributed by atoms with Crippen LogP contribution in [-0.2, 0) is 4.79 Å². The highest BCUT2D eigenvalue weighted by molar-refractivity contribution is 6.33. The Morgan fingerprint density at radius 2 is 1.84 bits per heavy atom. The topological polar surface area (TPSA) is 107 Å². The first-order valence-corrected chi connectivity index (χ1v) is 8.44. The molecule has 25 heavy (non-hydrogen) atoms. The molecule has 1 amide bonds. The molecule has 2 aromatic rings. The molecule has 5 nitrogen and oxygen atoms in total. The van der Waals surface area contributed by atoms with Crippen LogP contribution in [0, 0.1) is 6.92 Å². The van der Waals surface area contributed by atoms with E-state index in [4.69, 9.17) is 28.8 Å². The van der Waals surface area contributed by atoms with Crippen LogP contribution in [0.15, 0.2) is 42.1 Å². The van der Waals surface area contributed by atoms with Crippen LogP contribution in [0.4, 0.5) is 5.69 Å². The summed E-state index contributed by atoms with van der Waals surface area (Å²) < 4.78 is 0. The predicted octanol–water partition coefficient (Wildman–Crippen LogP) is 3.01. The van der Waals surface area contributed by atoms with Gasteiger partial charge in [-0.3, -0.25) is 4.79 Å². The number of amides is 1. The molecule has 0 aromatic heterocycles. The SMILES string of the molecule is CCCNC(=O)/C(N)=C(\N)c1cccc(-c2c(C)cccc2Cl)c1N. The zero-order chi connectivity index (χ0) is 18.6. The predicted molar refractivity (Wildman–Crippen MR) is 105 cm³/mol. The van der Waals surface area contributed by atoms with Gasteiger partial charge >= 0.3 is 0 Å². The zero-order valence-electron chi connectivity index (χ0n) is 14.4. The van der Waals surface area contributed by atoms with Crippen molar-refractivity contribution >= 4 is 28.9 Å². The van der Waals surface area contributed by atoms with Gasteiger partial charge in [0.15, 0.2) is 0 Å². The molecule has 132 valence electrons. The van der Waals surface area contributed by atoms with E-state index >= 15 is 0 Å². The van der Waals surface area contributed by atoms with E-state index in [0.717, 1.165) is 23.1 Å². The molecule has 0 bridgehead atoms. The van der Waals surface area contributed by atoms with Crippen LogP contribution in [0.2, 0.25) is 5.02 Å². The fraction of sp³-hybridized carbons (Fsp3) is 0.211. The number of hydrogen-bond acceptors (Lipinski definition) is 4. The van der Waals surface area contributed by atoms with Gasteiger partial charge < -0.3 is 22.5 Å². The highest BCUT2D eigenvalue weighted by Crippen LogP contribution is 2.37. The van der Waals surface area contributed by atoms with Crippen molar-refractivity contribution in [3.05, 3.63) is 58.2 Å². The highest BCUT2D eigenvalue weighted by atomic mass is 35.5. The van der Waals surface area contributed by atoms with E-state index in [-0.39, 0.29) is 11.4 Å². The maximum absolute atomic E-state index is 12.1. The molecule has 0 radical (unpaired) electrons. The molecular weight excluding hydrogens is 336 g/mol. The maximum atomic E-state index is 12.1. The van der Waals surface area contributed by atoms with Gasteiger partial charge in [-0.25, -0.2) is 0 Å². The maximum Gasteiger partial charge on any atom is 0.269 e. The second-order valence-corrected chi connectivity index (χ2v) is 6.19. The van der Waals surface area contributed by atoms with Crippen LogP contribution >= 0.6 is 11.6 Å². The van der Waals surface area contributed by atoms with Gasteiger partial charge in [-0.2, -0.15) is 0 Å². The Hall–Kier alpha value is -2.66. The summed E-state index contributed by atoms with van der Waals surface area (Å²) in [6, 6.07) is 11.1. The fourth-order valence-corrected chi connectivity index (χ4v) is 2.92. The van der Waals surface area contributed by atoms with E-state index in [1.54, 1.807) is 6.07 Å². The molecule has 0 fully saturated rings. The lowest BCUT2D eigenvalue weighted by Gasteiger charge is -2.16. The van der Waals surface area contributed by atoms with Gasteiger partial charge in [0, 0.05) is 33.9 Å². The number of para-hydroxylation sites is 1. The number of anilines is 1. The molecule has 6 heteroatoms. The summed E-state index contributed by atoms with van der Waals surface area (Å²) in [5.41, 5.74) is 22.0. The summed E-state index contributed by atoms with van der Waals surface area (Å²) in [7, 11) is 0. The van der Waals surface area contributed by atoms with Gasteiger partial charge in [-0.05, 0) is 25.0 Å². The van der Waals surface area contributed by atoms with E-state index < -0.39 is 5.91 Å². The van der Waals surface area contributed by atoms with Crippen LogP contribution < -0.4 is 22.5 Å². The number of rotatable bonds is 5. The third kappa shape index (κ3) is 3.88. The Labute approximate surface area is 152 Å². The summed E-state index contributed by atoms with van der Waals surface area (Å²) >= 11 is 6.35. The van der Waals surface area contributed by atoms with Crippen molar-refractivity contribution < 1.29 is 4.79 Å². The molecule has 0 unspecified atom stereocenters. The first-order valence-electron chi connectivity index (χ1n) is 8.06. The number of hydrogen-bond donors (Lipinski definition) is 4. The molecule has 0 saturated carbocycles. The number of halogens is 1. The Balaban J connectivity index is 2.54. The molecule has 2 rings (SSSR count). The van der Waals surface area contributed by atoms with Gasteiger partial charge in [0.05, 0.1) is 5.70 Å². The molecular formula is C19H23ClN4O. The summed E-state index contributed by atoms with van der Waals surface area (Å²) in [6.07, 6.45) is 0.808. The molecule has 0 heterocycles. The van der Waals surface area contributed by atoms with Gasteiger partial charge in [0.25, 0.3) is 5.91 Å². The summed E-state index contributed by atoms with van der Waals surface area (Å²) in [6.45, 7) is 4.44. The number of nitrogens with two attached hydrogens (primary N) is 3. The standard InChI is InChI=1S/C19H23ClN4O/c1-3-10-24-19(25)18(23)17(22)13-8-5-7-12(16(13)21)15-11(2)6-4-9-14(15)20/h4-9H,3,10,21-23H2,1-2H3,(H,24,25)/b18-17+. The third-order valence-electron chi connectivity index (χ3n) is 3.96. The first-order chi connectivity index (χ1) is 11.9. The van der Waals surface area contributed by atoms with Crippen molar-refractivity contribution in [3.8, 4) is 11.1 Å². The highest BCUT2D eigenvalue weighted by Gasteiger charge is 2.17.